The Morgan fingerprint density at radius 2 is 2.06 bits per heavy atom. The highest BCUT2D eigenvalue weighted by Gasteiger charge is 2.06. The van der Waals surface area contributed by atoms with Crippen LogP contribution in [0.3, 0.4) is 0 Å². The molecule has 5 heteroatoms. The van der Waals surface area contributed by atoms with Crippen molar-refractivity contribution in [1.82, 2.24) is 9.97 Å². The molecule has 0 amide bonds. The second kappa shape index (κ2) is 6.16. The summed E-state index contributed by atoms with van der Waals surface area (Å²) in [5.74, 6) is 1.87. The third kappa shape index (κ3) is 3.43. The van der Waals surface area contributed by atoms with Crippen LogP contribution in [-0.2, 0) is 6.42 Å². The first-order valence-corrected chi connectivity index (χ1v) is 6.82. The molecule has 1 aromatic carbocycles. The Bertz CT molecular complexity index is 548. The molecule has 0 fully saturated rings. The third-order valence-electron chi connectivity index (χ3n) is 2.24. The topological polar surface area (TPSA) is 35.0 Å². The minimum atomic E-state index is 0.399. The average Bonchev–Trinajstić information content (AvgIpc) is 2.32. The molecule has 0 saturated carbocycles. The number of benzene rings is 1. The lowest BCUT2D eigenvalue weighted by Crippen LogP contribution is -1.97. The summed E-state index contributed by atoms with van der Waals surface area (Å²) in [5, 5.41) is 0.399. The zero-order valence-corrected chi connectivity index (χ0v) is 12.2. The minimum Gasteiger partial charge on any atom is -0.438 e. The molecule has 0 radical (unpaired) electrons. The van der Waals surface area contributed by atoms with Crippen molar-refractivity contribution in [3.05, 3.63) is 45.8 Å². The molecule has 1 aromatic heterocycles. The van der Waals surface area contributed by atoms with E-state index in [9.17, 15) is 0 Å². The van der Waals surface area contributed by atoms with Gasteiger partial charge in [0, 0.05) is 12.5 Å². The van der Waals surface area contributed by atoms with Crippen LogP contribution in [0, 0.1) is 0 Å². The Labute approximate surface area is 119 Å². The van der Waals surface area contributed by atoms with Gasteiger partial charge in [-0.1, -0.05) is 30.7 Å². The van der Waals surface area contributed by atoms with E-state index < -0.39 is 0 Å². The SMILES string of the molecule is CCCc1nc(Cl)cc(Oc2ccccc2Br)n1. The first-order valence-electron chi connectivity index (χ1n) is 5.65. The van der Waals surface area contributed by atoms with Gasteiger partial charge in [-0.25, -0.2) is 4.98 Å². The molecule has 3 nitrogen and oxygen atoms in total. The number of nitrogens with zero attached hydrogens (tertiary/aromatic N) is 2. The van der Waals surface area contributed by atoms with Crippen LogP contribution in [0.5, 0.6) is 11.6 Å². The van der Waals surface area contributed by atoms with E-state index >= 15 is 0 Å². The van der Waals surface area contributed by atoms with Crippen LogP contribution in [0.2, 0.25) is 5.15 Å². The predicted octanol–water partition coefficient (Wildman–Crippen LogP) is 4.64. The summed E-state index contributed by atoms with van der Waals surface area (Å²) in [6.07, 6.45) is 1.75. The van der Waals surface area contributed by atoms with Gasteiger partial charge in [0.1, 0.15) is 16.7 Å². The molecule has 0 atom stereocenters. The van der Waals surface area contributed by atoms with E-state index in [4.69, 9.17) is 16.3 Å². The first-order chi connectivity index (χ1) is 8.69. The van der Waals surface area contributed by atoms with Crippen molar-refractivity contribution >= 4 is 27.5 Å². The number of ether oxygens (including phenoxy) is 1. The van der Waals surface area contributed by atoms with E-state index in [-0.39, 0.29) is 0 Å². The molecular weight excluding hydrogens is 316 g/mol. The van der Waals surface area contributed by atoms with Gasteiger partial charge in [0.15, 0.2) is 0 Å². The molecule has 0 aliphatic carbocycles. The fourth-order valence-corrected chi connectivity index (χ4v) is 2.03. The summed E-state index contributed by atoms with van der Waals surface area (Å²) in [7, 11) is 0. The van der Waals surface area contributed by atoms with Gasteiger partial charge in [0.25, 0.3) is 0 Å². The van der Waals surface area contributed by atoms with E-state index in [1.165, 1.54) is 0 Å². The normalized spacial score (nSPS) is 10.4. The van der Waals surface area contributed by atoms with Gasteiger partial charge in [-0.2, -0.15) is 4.98 Å². The monoisotopic (exact) mass is 326 g/mol. The Morgan fingerprint density at radius 1 is 1.28 bits per heavy atom. The van der Waals surface area contributed by atoms with Crippen molar-refractivity contribution in [2.75, 3.05) is 0 Å². The second-order valence-corrected chi connectivity index (χ2v) is 4.97. The number of halogens is 2. The summed E-state index contributed by atoms with van der Waals surface area (Å²) in [6.45, 7) is 2.07. The molecule has 0 saturated heterocycles. The highest BCUT2D eigenvalue weighted by atomic mass is 79.9. The smallest absolute Gasteiger partial charge is 0.224 e. The van der Waals surface area contributed by atoms with Crippen LogP contribution < -0.4 is 4.74 Å². The molecule has 2 aromatic rings. The molecule has 0 spiro atoms. The van der Waals surface area contributed by atoms with Gasteiger partial charge < -0.3 is 4.74 Å². The van der Waals surface area contributed by atoms with Crippen molar-refractivity contribution < 1.29 is 4.74 Å². The highest BCUT2D eigenvalue weighted by molar-refractivity contribution is 9.10. The van der Waals surface area contributed by atoms with Crippen molar-refractivity contribution in [1.29, 1.82) is 0 Å². The fourth-order valence-electron chi connectivity index (χ4n) is 1.47. The number of aryl methyl sites for hydroxylation is 1. The van der Waals surface area contributed by atoms with Crippen LogP contribution in [0.15, 0.2) is 34.8 Å². The molecule has 18 heavy (non-hydrogen) atoms. The van der Waals surface area contributed by atoms with Crippen LogP contribution in [0.25, 0.3) is 0 Å². The lowest BCUT2D eigenvalue weighted by Gasteiger charge is -2.08. The lowest BCUT2D eigenvalue weighted by molar-refractivity contribution is 0.455. The maximum Gasteiger partial charge on any atom is 0.224 e. The maximum atomic E-state index is 5.95. The summed E-state index contributed by atoms with van der Waals surface area (Å²) in [6, 6.07) is 9.20. The van der Waals surface area contributed by atoms with Crippen LogP contribution >= 0.6 is 27.5 Å². The number of hydrogen-bond acceptors (Lipinski definition) is 3. The molecule has 0 aliphatic heterocycles. The molecule has 1 heterocycles. The first kappa shape index (κ1) is 13.3. The van der Waals surface area contributed by atoms with Gasteiger partial charge in [-0.15, -0.1) is 0 Å². The standard InChI is InChI=1S/C13H12BrClN2O/c1-2-5-12-16-11(15)8-13(17-12)18-10-7-4-3-6-9(10)14/h3-4,6-8H,2,5H2,1H3. The lowest BCUT2D eigenvalue weighted by atomic mass is 10.3. The molecule has 94 valence electrons. The van der Waals surface area contributed by atoms with Gasteiger partial charge >= 0.3 is 0 Å². The van der Waals surface area contributed by atoms with E-state index in [0.29, 0.717) is 22.6 Å². The quantitative estimate of drug-likeness (QED) is 0.767. The average molecular weight is 328 g/mol. The summed E-state index contributed by atoms with van der Waals surface area (Å²) in [5.41, 5.74) is 0. The van der Waals surface area contributed by atoms with E-state index in [0.717, 1.165) is 17.3 Å². The number of aromatic nitrogens is 2. The predicted molar refractivity (Wildman–Crippen MR) is 75.3 cm³/mol. The number of para-hydroxylation sites is 1. The van der Waals surface area contributed by atoms with Crippen LogP contribution in [0.1, 0.15) is 19.2 Å². The Hall–Kier alpha value is -1.13. The van der Waals surface area contributed by atoms with Gasteiger partial charge in [-0.3, -0.25) is 0 Å². The van der Waals surface area contributed by atoms with E-state index in [2.05, 4.69) is 32.8 Å². The van der Waals surface area contributed by atoms with Crippen LogP contribution in [-0.4, -0.2) is 9.97 Å². The molecule has 0 N–H and O–H groups in total. The molecule has 0 bridgehead atoms. The Morgan fingerprint density at radius 3 is 2.78 bits per heavy atom. The molecular formula is C13H12BrClN2O. The van der Waals surface area contributed by atoms with Crippen molar-refractivity contribution in [3.63, 3.8) is 0 Å². The summed E-state index contributed by atoms with van der Waals surface area (Å²) >= 11 is 9.37. The maximum absolute atomic E-state index is 5.95. The van der Waals surface area contributed by atoms with Gasteiger partial charge in [0.05, 0.1) is 4.47 Å². The van der Waals surface area contributed by atoms with Crippen molar-refractivity contribution in [2.24, 2.45) is 0 Å². The second-order valence-electron chi connectivity index (χ2n) is 3.73. The van der Waals surface area contributed by atoms with Gasteiger partial charge in [-0.05, 0) is 34.5 Å². The summed E-state index contributed by atoms with van der Waals surface area (Å²) in [4.78, 5) is 8.47. The molecule has 0 aliphatic rings. The van der Waals surface area contributed by atoms with Crippen molar-refractivity contribution in [3.8, 4) is 11.6 Å². The largest absolute Gasteiger partial charge is 0.438 e. The summed E-state index contributed by atoms with van der Waals surface area (Å²) < 4.78 is 6.57. The van der Waals surface area contributed by atoms with Crippen molar-refractivity contribution in [2.45, 2.75) is 19.8 Å². The minimum absolute atomic E-state index is 0.399. The zero-order chi connectivity index (χ0) is 13.0. The number of rotatable bonds is 4. The van der Waals surface area contributed by atoms with E-state index in [1.807, 2.05) is 24.3 Å². The number of hydrogen-bond donors (Lipinski definition) is 0. The van der Waals surface area contributed by atoms with Crippen LogP contribution in [0.4, 0.5) is 0 Å². The van der Waals surface area contributed by atoms with Gasteiger partial charge in [0.2, 0.25) is 5.88 Å². The third-order valence-corrected chi connectivity index (χ3v) is 3.09. The molecule has 2 rings (SSSR count). The van der Waals surface area contributed by atoms with E-state index in [1.54, 1.807) is 6.07 Å². The fraction of sp³-hybridized carbons (Fsp3) is 0.231. The zero-order valence-electron chi connectivity index (χ0n) is 9.86. The Balaban J connectivity index is 2.26. The highest BCUT2D eigenvalue weighted by Crippen LogP contribution is 2.29. The Kier molecular flexibility index (Phi) is 4.55. The molecule has 0 unspecified atom stereocenters.